The van der Waals surface area contributed by atoms with E-state index in [0.717, 1.165) is 34.3 Å². The first kappa shape index (κ1) is 12.7. The first-order valence-electron chi connectivity index (χ1n) is 3.75. The van der Waals surface area contributed by atoms with E-state index >= 15 is 0 Å². The van der Waals surface area contributed by atoms with Crippen LogP contribution < -0.4 is 0 Å². The molecule has 3 rings (SSSR count). The van der Waals surface area contributed by atoms with Crippen molar-refractivity contribution in [2.45, 2.75) is 4.22 Å². The van der Waals surface area contributed by atoms with Gasteiger partial charge in [0.1, 0.15) is 0 Å². The molecule has 0 amide bonds. The van der Waals surface area contributed by atoms with Crippen molar-refractivity contribution >= 4 is 111 Å². The van der Waals surface area contributed by atoms with E-state index in [1.54, 1.807) is 19.4 Å². The third-order valence-corrected chi connectivity index (χ3v) is 17.4. The molecule has 0 nitrogen and oxygen atoms in total. The van der Waals surface area contributed by atoms with Crippen molar-refractivity contribution in [1.82, 2.24) is 0 Å². The quantitative estimate of drug-likeness (QED) is 0.324. The zero-order valence-corrected chi connectivity index (χ0v) is 16.5. The van der Waals surface area contributed by atoms with Crippen molar-refractivity contribution in [2.75, 3.05) is 0 Å². The summed E-state index contributed by atoms with van der Waals surface area (Å²) in [6.07, 6.45) is 0. The van der Waals surface area contributed by atoms with E-state index in [2.05, 4.69) is 22.6 Å². The molecular weight excluding hydrogens is 533 g/mol. The molecule has 8 heteroatoms. The Morgan fingerprint density at radius 1 is 1.00 bits per heavy atom. The van der Waals surface area contributed by atoms with Gasteiger partial charge in [-0.2, -0.15) is 0 Å². The maximum atomic E-state index is 6.11. The molecular formula is C7H2ClIS4Se2. The van der Waals surface area contributed by atoms with Gasteiger partial charge in [0.15, 0.2) is 0 Å². The van der Waals surface area contributed by atoms with Gasteiger partial charge in [0.25, 0.3) is 0 Å². The molecule has 0 unspecified atom stereocenters. The molecule has 0 aliphatic carbocycles. The van der Waals surface area contributed by atoms with Crippen LogP contribution in [0.3, 0.4) is 0 Å². The van der Waals surface area contributed by atoms with Crippen LogP contribution in [-0.2, 0) is 0 Å². The Hall–Kier alpha value is 2.68. The van der Waals surface area contributed by atoms with E-state index in [4.69, 9.17) is 11.6 Å². The number of rotatable bonds is 0. The summed E-state index contributed by atoms with van der Waals surface area (Å²) in [4.78, 5) is 0. The topological polar surface area (TPSA) is 0 Å². The van der Waals surface area contributed by atoms with Crippen molar-refractivity contribution in [3.63, 3.8) is 0 Å². The first-order chi connectivity index (χ1) is 7.24. The maximum absolute atomic E-state index is 6.11. The predicted octanol–water partition coefficient (Wildman–Crippen LogP) is 4.80. The molecule has 0 fully saturated rings. The molecule has 15 heavy (non-hydrogen) atoms. The fourth-order valence-corrected chi connectivity index (χ4v) is 18.8. The second-order valence-electron chi connectivity index (χ2n) is 2.51. The van der Waals surface area contributed by atoms with Crippen LogP contribution in [0.25, 0.3) is 0 Å². The fourth-order valence-electron chi connectivity index (χ4n) is 1.02. The van der Waals surface area contributed by atoms with Gasteiger partial charge in [-0.05, 0) is 0 Å². The van der Waals surface area contributed by atoms with Gasteiger partial charge in [0.05, 0.1) is 0 Å². The van der Waals surface area contributed by atoms with Crippen LogP contribution in [0.1, 0.15) is 0 Å². The summed E-state index contributed by atoms with van der Waals surface area (Å²) >= 11 is 17.6. The van der Waals surface area contributed by atoms with Crippen LogP contribution in [0.4, 0.5) is 0 Å². The third-order valence-electron chi connectivity index (χ3n) is 1.60. The normalized spacial score (nSPS) is 26.0. The standard InChI is InChI=1S/C7H2ClIS4Se2/c8-2-3(9)11-4(10-2)5-12-6-7(13-5)15-1-14-6/h1H2. The van der Waals surface area contributed by atoms with Crippen molar-refractivity contribution < 1.29 is 0 Å². The number of hydrogen-bond donors (Lipinski definition) is 0. The van der Waals surface area contributed by atoms with Gasteiger partial charge in [-0.1, -0.05) is 0 Å². The van der Waals surface area contributed by atoms with Gasteiger partial charge in [-0.15, -0.1) is 0 Å². The molecule has 0 aromatic rings. The monoisotopic (exact) mass is 536 g/mol. The van der Waals surface area contributed by atoms with Crippen molar-refractivity contribution in [2.24, 2.45) is 0 Å². The predicted molar refractivity (Wildman–Crippen MR) is 87.6 cm³/mol. The number of halogens is 2. The van der Waals surface area contributed by atoms with Crippen molar-refractivity contribution in [1.29, 1.82) is 0 Å². The van der Waals surface area contributed by atoms with E-state index in [9.17, 15) is 0 Å². The Morgan fingerprint density at radius 2 is 1.60 bits per heavy atom. The van der Waals surface area contributed by atoms with Crippen LogP contribution >= 0.6 is 81.2 Å². The molecule has 0 radical (unpaired) electrons. The fraction of sp³-hybridized carbons (Fsp3) is 0.143. The number of hydrogen-bond acceptors (Lipinski definition) is 4. The van der Waals surface area contributed by atoms with Crippen molar-refractivity contribution in [3.05, 3.63) is 23.4 Å². The zero-order valence-electron chi connectivity index (χ0n) is 6.91. The molecule has 0 saturated heterocycles. The molecule has 0 aromatic heterocycles. The summed E-state index contributed by atoms with van der Waals surface area (Å²) in [6.45, 7) is 0. The SMILES string of the molecule is ClC1=C(I)SC(=C2SC3=C(S2)[Se]C[Se]3)S1. The Balaban J connectivity index is 1.80. The molecule has 0 spiro atoms. The minimum absolute atomic E-state index is 0.785. The van der Waals surface area contributed by atoms with E-state index < -0.39 is 0 Å². The molecule has 3 heterocycles. The summed E-state index contributed by atoms with van der Waals surface area (Å²) in [5.41, 5.74) is 0. The average molecular weight is 535 g/mol. The molecule has 3 aliphatic rings. The van der Waals surface area contributed by atoms with Gasteiger partial charge in [-0.3, -0.25) is 0 Å². The van der Waals surface area contributed by atoms with E-state index in [0.29, 0.717) is 0 Å². The first-order valence-corrected chi connectivity index (χ1v) is 12.6. The molecule has 80 valence electrons. The second kappa shape index (κ2) is 5.35. The molecule has 0 aromatic carbocycles. The second-order valence-corrected chi connectivity index (χ2v) is 16.7. The van der Waals surface area contributed by atoms with Crippen molar-refractivity contribution in [3.8, 4) is 0 Å². The van der Waals surface area contributed by atoms with Gasteiger partial charge in [0, 0.05) is 0 Å². The van der Waals surface area contributed by atoms with Gasteiger partial charge >= 0.3 is 139 Å². The van der Waals surface area contributed by atoms with Gasteiger partial charge < -0.3 is 0 Å². The van der Waals surface area contributed by atoms with Gasteiger partial charge in [-0.25, -0.2) is 0 Å². The van der Waals surface area contributed by atoms with Crippen LogP contribution in [0.2, 0.25) is 4.22 Å². The third kappa shape index (κ3) is 2.67. The van der Waals surface area contributed by atoms with Crippen LogP contribution in [0.15, 0.2) is 23.4 Å². The van der Waals surface area contributed by atoms with Crippen LogP contribution in [0.5, 0.6) is 0 Å². The Bertz CT molecular complexity index is 397. The number of thioether (sulfide) groups is 4. The Labute approximate surface area is 136 Å². The minimum atomic E-state index is 0.785. The van der Waals surface area contributed by atoms with E-state index in [1.165, 1.54) is 15.6 Å². The summed E-state index contributed by atoms with van der Waals surface area (Å²) in [7, 11) is 0. The molecule has 0 bridgehead atoms. The van der Waals surface area contributed by atoms with Gasteiger partial charge in [0.2, 0.25) is 0 Å². The average Bonchev–Trinajstić information content (AvgIpc) is 2.80. The summed E-state index contributed by atoms with van der Waals surface area (Å²) in [6, 6.07) is 0. The van der Waals surface area contributed by atoms with E-state index in [1.807, 2.05) is 35.3 Å². The summed E-state index contributed by atoms with van der Waals surface area (Å²) < 4.78 is 9.95. The Kier molecular flexibility index (Phi) is 4.53. The summed E-state index contributed by atoms with van der Waals surface area (Å²) in [5.74, 6) is 0. The molecule has 0 saturated carbocycles. The summed E-state index contributed by atoms with van der Waals surface area (Å²) in [5, 5.41) is 0. The van der Waals surface area contributed by atoms with Crippen LogP contribution in [-0.4, -0.2) is 29.9 Å². The molecule has 0 N–H and O–H groups in total. The zero-order chi connectivity index (χ0) is 10.4. The molecule has 3 aliphatic heterocycles. The molecule has 0 atom stereocenters. The van der Waals surface area contributed by atoms with E-state index in [-0.39, 0.29) is 0 Å². The van der Waals surface area contributed by atoms with Crippen LogP contribution in [0, 0.1) is 0 Å². The Morgan fingerprint density at radius 3 is 2.13 bits per heavy atom.